The molecule has 240 valence electrons. The van der Waals surface area contributed by atoms with Gasteiger partial charge in [-0.2, -0.15) is 0 Å². The van der Waals surface area contributed by atoms with Gasteiger partial charge in [0, 0.05) is 50.0 Å². The number of rotatable bonds is 6. The highest BCUT2D eigenvalue weighted by atomic mass is 15.1. The van der Waals surface area contributed by atoms with Crippen LogP contribution in [0.25, 0.3) is 66.1 Å². The van der Waals surface area contributed by atoms with Crippen LogP contribution in [-0.4, -0.2) is 9.13 Å². The van der Waals surface area contributed by atoms with Gasteiger partial charge < -0.3 is 14.0 Å². The van der Waals surface area contributed by atoms with Gasteiger partial charge >= 0.3 is 0 Å². The van der Waals surface area contributed by atoms with Gasteiger partial charge in [0.15, 0.2) is 0 Å². The molecule has 0 atom stereocenters. The standard InChI is InChI=1S/C48H33N3/c1-4-15-35(16-5-1)49(36-17-6-2-7-18-36)38-28-30-39(31-29-38)51-45-25-13-11-22-42(45)48-40(23-14-26-47(48)51)34-27-32-46-43(33-34)41-21-10-12-24-44(41)50(46)37-19-8-3-9-20-37/h1-33H. The lowest BCUT2D eigenvalue weighted by molar-refractivity contribution is 1.17. The molecule has 0 amide bonds. The van der Waals surface area contributed by atoms with Crippen molar-refractivity contribution in [2.75, 3.05) is 4.90 Å². The van der Waals surface area contributed by atoms with Crippen LogP contribution in [0.2, 0.25) is 0 Å². The fraction of sp³-hybridized carbons (Fsp3) is 0. The number of hydrogen-bond donors (Lipinski definition) is 0. The first kappa shape index (κ1) is 29.1. The first-order valence-corrected chi connectivity index (χ1v) is 17.5. The first-order valence-electron chi connectivity index (χ1n) is 17.5. The number of anilines is 3. The average Bonchev–Trinajstić information content (AvgIpc) is 3.72. The summed E-state index contributed by atoms with van der Waals surface area (Å²) >= 11 is 0. The topological polar surface area (TPSA) is 13.1 Å². The highest BCUT2D eigenvalue weighted by Gasteiger charge is 2.19. The second kappa shape index (κ2) is 11.9. The van der Waals surface area contributed by atoms with Crippen molar-refractivity contribution in [2.24, 2.45) is 0 Å². The molecule has 10 rings (SSSR count). The predicted molar refractivity (Wildman–Crippen MR) is 215 cm³/mol. The van der Waals surface area contributed by atoms with Crippen LogP contribution in [0.15, 0.2) is 200 Å². The minimum atomic E-state index is 1.11. The van der Waals surface area contributed by atoms with Crippen molar-refractivity contribution in [3.8, 4) is 22.5 Å². The van der Waals surface area contributed by atoms with Gasteiger partial charge in [-0.15, -0.1) is 0 Å². The summed E-state index contributed by atoms with van der Waals surface area (Å²) in [7, 11) is 0. The summed E-state index contributed by atoms with van der Waals surface area (Å²) in [6.07, 6.45) is 0. The van der Waals surface area contributed by atoms with E-state index in [2.05, 4.69) is 214 Å². The summed E-state index contributed by atoms with van der Waals surface area (Å²) in [5.74, 6) is 0. The molecule has 2 aromatic heterocycles. The Morgan fingerprint density at radius 2 is 0.804 bits per heavy atom. The highest BCUT2D eigenvalue weighted by Crippen LogP contribution is 2.42. The second-order valence-corrected chi connectivity index (χ2v) is 13.0. The molecule has 8 aromatic carbocycles. The van der Waals surface area contributed by atoms with Gasteiger partial charge in [-0.25, -0.2) is 0 Å². The van der Waals surface area contributed by atoms with E-state index in [1.165, 1.54) is 60.4 Å². The van der Waals surface area contributed by atoms with E-state index in [1.807, 2.05) is 0 Å². The molecular weight excluding hydrogens is 619 g/mol. The third-order valence-electron chi connectivity index (χ3n) is 10.1. The van der Waals surface area contributed by atoms with Crippen LogP contribution in [0, 0.1) is 0 Å². The molecule has 0 unspecified atom stereocenters. The number of para-hydroxylation sites is 5. The van der Waals surface area contributed by atoms with E-state index in [9.17, 15) is 0 Å². The molecule has 0 N–H and O–H groups in total. The molecule has 0 fully saturated rings. The van der Waals surface area contributed by atoms with Crippen molar-refractivity contribution in [3.63, 3.8) is 0 Å². The smallest absolute Gasteiger partial charge is 0.0547 e. The van der Waals surface area contributed by atoms with Crippen LogP contribution in [0.4, 0.5) is 17.1 Å². The highest BCUT2D eigenvalue weighted by molar-refractivity contribution is 6.17. The Hall–Kier alpha value is -6.84. The number of aromatic nitrogens is 2. The van der Waals surface area contributed by atoms with Crippen LogP contribution in [0.5, 0.6) is 0 Å². The van der Waals surface area contributed by atoms with Crippen molar-refractivity contribution in [3.05, 3.63) is 200 Å². The minimum Gasteiger partial charge on any atom is -0.311 e. The maximum atomic E-state index is 2.41. The molecule has 0 aliphatic carbocycles. The van der Waals surface area contributed by atoms with E-state index in [4.69, 9.17) is 0 Å². The van der Waals surface area contributed by atoms with Gasteiger partial charge in [0.05, 0.1) is 22.1 Å². The van der Waals surface area contributed by atoms with E-state index < -0.39 is 0 Å². The molecule has 10 aromatic rings. The van der Waals surface area contributed by atoms with E-state index >= 15 is 0 Å². The zero-order valence-corrected chi connectivity index (χ0v) is 27.9. The lowest BCUT2D eigenvalue weighted by Crippen LogP contribution is -2.09. The molecule has 0 saturated heterocycles. The lowest BCUT2D eigenvalue weighted by atomic mass is 9.98. The molecular formula is C48H33N3. The van der Waals surface area contributed by atoms with Crippen LogP contribution >= 0.6 is 0 Å². The molecule has 0 aliphatic rings. The van der Waals surface area contributed by atoms with Crippen molar-refractivity contribution in [1.82, 2.24) is 9.13 Å². The Balaban J connectivity index is 1.14. The van der Waals surface area contributed by atoms with Gasteiger partial charge in [-0.3, -0.25) is 0 Å². The Labute approximate surface area is 296 Å². The van der Waals surface area contributed by atoms with Gasteiger partial charge in [0.25, 0.3) is 0 Å². The van der Waals surface area contributed by atoms with Crippen molar-refractivity contribution < 1.29 is 0 Å². The summed E-state index contributed by atoms with van der Waals surface area (Å²) < 4.78 is 4.79. The molecule has 0 radical (unpaired) electrons. The molecule has 0 bridgehead atoms. The van der Waals surface area contributed by atoms with Gasteiger partial charge in [0.2, 0.25) is 0 Å². The van der Waals surface area contributed by atoms with Crippen molar-refractivity contribution in [2.45, 2.75) is 0 Å². The molecule has 3 nitrogen and oxygen atoms in total. The fourth-order valence-electron chi connectivity index (χ4n) is 7.89. The molecule has 0 spiro atoms. The maximum Gasteiger partial charge on any atom is 0.0547 e. The van der Waals surface area contributed by atoms with Crippen LogP contribution in [-0.2, 0) is 0 Å². The maximum absolute atomic E-state index is 2.41. The van der Waals surface area contributed by atoms with E-state index in [0.29, 0.717) is 0 Å². The monoisotopic (exact) mass is 651 g/mol. The molecule has 3 heteroatoms. The SMILES string of the molecule is c1ccc(N(c2ccccc2)c2ccc(-n3c4ccccc4c4c(-c5ccc6c(c5)c5ccccc5n6-c5ccccc5)cccc43)cc2)cc1. The largest absolute Gasteiger partial charge is 0.311 e. The zero-order valence-electron chi connectivity index (χ0n) is 27.9. The third kappa shape index (κ3) is 4.74. The number of hydrogen-bond acceptors (Lipinski definition) is 1. The summed E-state index contributed by atoms with van der Waals surface area (Å²) in [6.45, 7) is 0. The third-order valence-corrected chi connectivity index (χ3v) is 10.1. The Bertz CT molecular complexity index is 2790. The van der Waals surface area contributed by atoms with Crippen LogP contribution in [0.3, 0.4) is 0 Å². The summed E-state index contributed by atoms with van der Waals surface area (Å²) in [5, 5.41) is 5.02. The predicted octanol–water partition coefficient (Wildman–Crippen LogP) is 13.0. The van der Waals surface area contributed by atoms with Crippen molar-refractivity contribution >= 4 is 60.7 Å². The lowest BCUT2D eigenvalue weighted by Gasteiger charge is -2.25. The summed E-state index contributed by atoms with van der Waals surface area (Å²) in [6, 6.07) is 72.0. The number of fused-ring (bicyclic) bond motifs is 6. The van der Waals surface area contributed by atoms with Gasteiger partial charge in [-0.05, 0) is 102 Å². The molecule has 2 heterocycles. The normalized spacial score (nSPS) is 11.5. The van der Waals surface area contributed by atoms with Crippen molar-refractivity contribution in [1.29, 1.82) is 0 Å². The fourth-order valence-corrected chi connectivity index (χ4v) is 7.89. The zero-order chi connectivity index (χ0) is 33.7. The quantitative estimate of drug-likeness (QED) is 0.174. The summed E-state index contributed by atoms with van der Waals surface area (Å²) in [4.78, 5) is 2.30. The minimum absolute atomic E-state index is 1.11. The van der Waals surface area contributed by atoms with Gasteiger partial charge in [-0.1, -0.05) is 109 Å². The van der Waals surface area contributed by atoms with Gasteiger partial charge in [0.1, 0.15) is 0 Å². The van der Waals surface area contributed by atoms with E-state index in [1.54, 1.807) is 0 Å². The summed E-state index contributed by atoms with van der Waals surface area (Å²) in [5.41, 5.74) is 12.9. The number of nitrogens with zero attached hydrogens (tertiary/aromatic N) is 3. The Morgan fingerprint density at radius 1 is 0.314 bits per heavy atom. The van der Waals surface area contributed by atoms with E-state index in [0.717, 1.165) is 22.7 Å². The molecule has 0 aliphatic heterocycles. The van der Waals surface area contributed by atoms with Crippen LogP contribution < -0.4 is 4.90 Å². The average molecular weight is 652 g/mol. The Morgan fingerprint density at radius 3 is 1.49 bits per heavy atom. The van der Waals surface area contributed by atoms with Crippen LogP contribution in [0.1, 0.15) is 0 Å². The Kier molecular flexibility index (Phi) is 6.81. The molecule has 0 saturated carbocycles. The second-order valence-electron chi connectivity index (χ2n) is 13.0. The molecule has 51 heavy (non-hydrogen) atoms. The number of benzene rings is 8. The van der Waals surface area contributed by atoms with E-state index in [-0.39, 0.29) is 0 Å². The first-order chi connectivity index (χ1) is 25.3.